The van der Waals surface area contributed by atoms with Gasteiger partial charge < -0.3 is 14.8 Å². The smallest absolute Gasteiger partial charge is 0.230 e. The van der Waals surface area contributed by atoms with Crippen LogP contribution in [-0.4, -0.2) is 25.9 Å². The standard InChI is InChI=1S/C27H32N2O4/c1-16(2)26(31)29-20-10-8-7-9-18(20)28-19-14-27(3,4)15-21(30)24(19)25(29)17-11-12-22(32-5)23(13-17)33-6/h7-13,16,25,28H,14-15H2,1-6H3/t25-/m0/s1. The summed E-state index contributed by atoms with van der Waals surface area (Å²) < 4.78 is 11.0. The number of rotatable bonds is 4. The Morgan fingerprint density at radius 1 is 1.06 bits per heavy atom. The maximum absolute atomic E-state index is 13.7. The van der Waals surface area contributed by atoms with Crippen LogP contribution in [0, 0.1) is 11.3 Å². The van der Waals surface area contributed by atoms with E-state index in [2.05, 4.69) is 19.2 Å². The molecule has 0 bridgehead atoms. The first-order valence-corrected chi connectivity index (χ1v) is 11.3. The molecular weight excluding hydrogens is 416 g/mol. The molecular formula is C27H32N2O4. The number of allylic oxidation sites excluding steroid dienone is 1. The van der Waals surface area contributed by atoms with E-state index in [0.717, 1.165) is 29.1 Å². The van der Waals surface area contributed by atoms with E-state index < -0.39 is 6.04 Å². The lowest BCUT2D eigenvalue weighted by atomic mass is 9.73. The van der Waals surface area contributed by atoms with E-state index in [0.29, 0.717) is 23.5 Å². The number of anilines is 2. The highest BCUT2D eigenvalue weighted by atomic mass is 16.5. The van der Waals surface area contributed by atoms with Crippen molar-refractivity contribution in [1.82, 2.24) is 0 Å². The Balaban J connectivity index is 2.03. The molecule has 0 saturated heterocycles. The number of ketones is 1. The number of amides is 1. The van der Waals surface area contributed by atoms with Crippen molar-refractivity contribution in [2.45, 2.75) is 46.6 Å². The number of nitrogens with one attached hydrogen (secondary N) is 1. The third kappa shape index (κ3) is 4.10. The molecule has 4 rings (SSSR count). The molecule has 2 aliphatic rings. The van der Waals surface area contributed by atoms with E-state index in [-0.39, 0.29) is 23.0 Å². The molecule has 2 aromatic rings. The Labute approximate surface area is 195 Å². The number of carbonyl (C=O) groups is 2. The molecule has 0 radical (unpaired) electrons. The van der Waals surface area contributed by atoms with Gasteiger partial charge in [0.15, 0.2) is 17.3 Å². The number of hydrogen-bond acceptors (Lipinski definition) is 5. The Bertz CT molecular complexity index is 1130. The largest absolute Gasteiger partial charge is 0.493 e. The summed E-state index contributed by atoms with van der Waals surface area (Å²) >= 11 is 0. The molecule has 0 saturated carbocycles. The molecule has 1 atom stereocenters. The molecule has 0 unspecified atom stereocenters. The summed E-state index contributed by atoms with van der Waals surface area (Å²) in [5.41, 5.74) is 3.75. The Hall–Kier alpha value is -3.28. The number of ether oxygens (including phenoxy) is 2. The number of fused-ring (bicyclic) bond motifs is 1. The molecule has 0 spiro atoms. The van der Waals surface area contributed by atoms with Crippen LogP contribution >= 0.6 is 0 Å². The van der Waals surface area contributed by atoms with Crippen molar-refractivity contribution in [3.63, 3.8) is 0 Å². The van der Waals surface area contributed by atoms with Crippen molar-refractivity contribution in [1.29, 1.82) is 0 Å². The maximum Gasteiger partial charge on any atom is 0.230 e. The van der Waals surface area contributed by atoms with Crippen LogP contribution in [0.4, 0.5) is 11.4 Å². The Morgan fingerprint density at radius 2 is 1.76 bits per heavy atom. The summed E-state index contributed by atoms with van der Waals surface area (Å²) in [6.45, 7) is 7.98. The number of Topliss-reactive ketones (excluding diaryl/α,β-unsaturated/α-hetero) is 1. The molecule has 6 heteroatoms. The van der Waals surface area contributed by atoms with Crippen LogP contribution in [0.5, 0.6) is 11.5 Å². The molecule has 0 fully saturated rings. The van der Waals surface area contributed by atoms with Gasteiger partial charge in [-0.1, -0.05) is 45.9 Å². The summed E-state index contributed by atoms with van der Waals surface area (Å²) in [4.78, 5) is 29.1. The molecule has 0 aromatic heterocycles. The lowest BCUT2D eigenvalue weighted by Crippen LogP contribution is -2.41. The topological polar surface area (TPSA) is 67.9 Å². The van der Waals surface area contributed by atoms with Crippen LogP contribution in [0.3, 0.4) is 0 Å². The maximum atomic E-state index is 13.7. The van der Waals surface area contributed by atoms with Crippen LogP contribution in [0.25, 0.3) is 0 Å². The molecule has 1 amide bonds. The molecule has 174 valence electrons. The van der Waals surface area contributed by atoms with Gasteiger partial charge in [0.05, 0.1) is 31.6 Å². The zero-order valence-electron chi connectivity index (χ0n) is 20.2. The predicted molar refractivity (Wildman–Crippen MR) is 130 cm³/mol. The van der Waals surface area contributed by atoms with Crippen molar-refractivity contribution >= 4 is 23.1 Å². The van der Waals surface area contributed by atoms with Gasteiger partial charge in [-0.15, -0.1) is 0 Å². The lowest BCUT2D eigenvalue weighted by molar-refractivity contribution is -0.122. The fourth-order valence-electron chi connectivity index (χ4n) is 4.85. The average Bonchev–Trinajstić information content (AvgIpc) is 2.91. The minimum Gasteiger partial charge on any atom is -0.493 e. The summed E-state index contributed by atoms with van der Waals surface area (Å²) in [7, 11) is 3.17. The summed E-state index contributed by atoms with van der Waals surface area (Å²) in [5.74, 6) is 0.917. The molecule has 1 aliphatic carbocycles. The highest BCUT2D eigenvalue weighted by molar-refractivity contribution is 6.06. The number of carbonyl (C=O) groups excluding carboxylic acids is 2. The molecule has 6 nitrogen and oxygen atoms in total. The fraction of sp³-hybridized carbons (Fsp3) is 0.407. The number of nitrogens with zero attached hydrogens (tertiary/aromatic N) is 1. The molecule has 33 heavy (non-hydrogen) atoms. The Morgan fingerprint density at radius 3 is 2.42 bits per heavy atom. The quantitative estimate of drug-likeness (QED) is 0.669. The second-order valence-corrected chi connectivity index (χ2v) is 9.86. The van der Waals surface area contributed by atoms with Crippen molar-refractivity contribution in [3.05, 3.63) is 59.3 Å². The molecule has 1 aliphatic heterocycles. The van der Waals surface area contributed by atoms with Crippen LogP contribution < -0.4 is 19.7 Å². The third-order valence-electron chi connectivity index (χ3n) is 6.36. The van der Waals surface area contributed by atoms with E-state index >= 15 is 0 Å². The minimum atomic E-state index is -0.575. The number of methoxy groups -OCH3 is 2. The first-order valence-electron chi connectivity index (χ1n) is 11.3. The van der Waals surface area contributed by atoms with Crippen molar-refractivity contribution < 1.29 is 19.1 Å². The number of hydrogen-bond donors (Lipinski definition) is 1. The summed E-state index contributed by atoms with van der Waals surface area (Å²) in [5, 5.41) is 3.53. The van der Waals surface area contributed by atoms with E-state index in [1.165, 1.54) is 0 Å². The summed E-state index contributed by atoms with van der Waals surface area (Å²) in [6.07, 6.45) is 1.15. The fourth-order valence-corrected chi connectivity index (χ4v) is 4.85. The van der Waals surface area contributed by atoms with Crippen molar-refractivity contribution in [3.8, 4) is 11.5 Å². The van der Waals surface area contributed by atoms with Gasteiger partial charge in [0, 0.05) is 23.6 Å². The Kier molecular flexibility index (Phi) is 5.95. The third-order valence-corrected chi connectivity index (χ3v) is 6.36. The number of para-hydroxylation sites is 2. The lowest BCUT2D eigenvalue weighted by Gasteiger charge is -2.37. The zero-order chi connectivity index (χ0) is 23.9. The van der Waals surface area contributed by atoms with E-state index in [1.54, 1.807) is 19.1 Å². The van der Waals surface area contributed by atoms with Crippen molar-refractivity contribution in [2.75, 3.05) is 24.4 Å². The molecule has 1 heterocycles. The monoisotopic (exact) mass is 448 g/mol. The predicted octanol–water partition coefficient (Wildman–Crippen LogP) is 5.50. The first-order chi connectivity index (χ1) is 15.7. The van der Waals surface area contributed by atoms with Gasteiger partial charge >= 0.3 is 0 Å². The number of benzene rings is 2. The van der Waals surface area contributed by atoms with Crippen LogP contribution in [0.1, 0.15) is 52.1 Å². The van der Waals surface area contributed by atoms with Gasteiger partial charge in [-0.25, -0.2) is 0 Å². The molecule has 1 N–H and O–H groups in total. The van der Waals surface area contributed by atoms with Gasteiger partial charge in [-0.05, 0) is 41.7 Å². The van der Waals surface area contributed by atoms with Crippen LogP contribution in [0.15, 0.2) is 53.7 Å². The second kappa shape index (κ2) is 8.58. The molecule has 2 aromatic carbocycles. The normalized spacial score (nSPS) is 19.4. The summed E-state index contributed by atoms with van der Waals surface area (Å²) in [6, 6.07) is 12.8. The minimum absolute atomic E-state index is 0.0459. The van der Waals surface area contributed by atoms with Gasteiger partial charge in [0.1, 0.15) is 0 Å². The van der Waals surface area contributed by atoms with Gasteiger partial charge in [0.2, 0.25) is 5.91 Å². The average molecular weight is 449 g/mol. The van der Waals surface area contributed by atoms with Gasteiger partial charge in [-0.3, -0.25) is 14.5 Å². The van der Waals surface area contributed by atoms with Crippen molar-refractivity contribution in [2.24, 2.45) is 11.3 Å². The van der Waals surface area contributed by atoms with E-state index in [4.69, 9.17) is 9.47 Å². The zero-order valence-corrected chi connectivity index (χ0v) is 20.2. The van der Waals surface area contributed by atoms with E-state index in [1.807, 2.05) is 56.3 Å². The van der Waals surface area contributed by atoms with Gasteiger partial charge in [-0.2, -0.15) is 0 Å². The highest BCUT2D eigenvalue weighted by Gasteiger charge is 2.43. The van der Waals surface area contributed by atoms with E-state index in [9.17, 15) is 9.59 Å². The van der Waals surface area contributed by atoms with Crippen LogP contribution in [-0.2, 0) is 9.59 Å². The first kappa shape index (κ1) is 22.9. The SMILES string of the molecule is COc1ccc([C@H]2C3=C(CC(C)(C)CC3=O)Nc3ccccc3N2C(=O)C(C)C)cc1OC. The highest BCUT2D eigenvalue weighted by Crippen LogP contribution is 2.49. The second-order valence-electron chi connectivity index (χ2n) is 9.86. The van der Waals surface area contributed by atoms with Crippen LogP contribution in [0.2, 0.25) is 0 Å². The van der Waals surface area contributed by atoms with Gasteiger partial charge in [0.25, 0.3) is 0 Å².